The molecule has 1 atom stereocenters. The van der Waals surface area contributed by atoms with Gasteiger partial charge in [-0.1, -0.05) is 25.6 Å². The molecule has 0 aliphatic heterocycles. The molecule has 0 saturated carbocycles. The van der Waals surface area contributed by atoms with Gasteiger partial charge in [-0.25, -0.2) is 9.78 Å². The highest BCUT2D eigenvalue weighted by molar-refractivity contribution is 7.99. The summed E-state index contributed by atoms with van der Waals surface area (Å²) in [6.45, 7) is 3.86. The van der Waals surface area contributed by atoms with Crippen molar-refractivity contribution in [3.8, 4) is 0 Å². The van der Waals surface area contributed by atoms with Crippen molar-refractivity contribution in [2.24, 2.45) is 5.92 Å². The maximum Gasteiger partial charge on any atom is 0.328 e. The minimum Gasteiger partial charge on any atom is -0.469 e. The Labute approximate surface area is 155 Å². The summed E-state index contributed by atoms with van der Waals surface area (Å²) in [4.78, 5) is 53.3. The topological polar surface area (TPSA) is 127 Å². The number of aromatic nitrogens is 2. The summed E-state index contributed by atoms with van der Waals surface area (Å²) >= 11 is 0.989. The Morgan fingerprint density at radius 1 is 1.27 bits per heavy atom. The molecule has 144 valence electrons. The SMILES string of the molecule is COC(=O)Cc1cc(=O)[nH]c(SCC(=O)N[C@@H](CC(C)C)C(=O)OC)n1. The van der Waals surface area contributed by atoms with Crippen LogP contribution in [0.25, 0.3) is 0 Å². The van der Waals surface area contributed by atoms with Gasteiger partial charge in [0.15, 0.2) is 5.16 Å². The number of hydrogen-bond donors (Lipinski definition) is 2. The highest BCUT2D eigenvalue weighted by atomic mass is 32.2. The number of nitrogens with one attached hydrogen (secondary N) is 2. The van der Waals surface area contributed by atoms with E-state index in [2.05, 4.69) is 20.0 Å². The van der Waals surface area contributed by atoms with E-state index in [0.717, 1.165) is 11.8 Å². The average molecular weight is 385 g/mol. The molecule has 0 aliphatic carbocycles. The Bertz CT molecular complexity index is 703. The molecule has 0 aliphatic rings. The summed E-state index contributed by atoms with van der Waals surface area (Å²) in [5.41, 5.74) is -0.190. The predicted octanol–water partition coefficient (Wildman–Crippen LogP) is 0.281. The number of carbonyl (C=O) groups is 3. The molecule has 0 radical (unpaired) electrons. The maximum absolute atomic E-state index is 12.1. The van der Waals surface area contributed by atoms with Crippen LogP contribution in [0.3, 0.4) is 0 Å². The van der Waals surface area contributed by atoms with E-state index >= 15 is 0 Å². The number of H-pyrrole nitrogens is 1. The van der Waals surface area contributed by atoms with Crippen LogP contribution in [0, 0.1) is 5.92 Å². The Balaban J connectivity index is 2.69. The second kappa shape index (κ2) is 10.6. The normalized spacial score (nSPS) is 11.7. The van der Waals surface area contributed by atoms with Crippen LogP contribution < -0.4 is 10.9 Å². The van der Waals surface area contributed by atoms with E-state index in [-0.39, 0.29) is 28.9 Å². The van der Waals surface area contributed by atoms with Crippen LogP contribution in [0.2, 0.25) is 0 Å². The molecule has 0 bridgehead atoms. The van der Waals surface area contributed by atoms with Gasteiger partial charge in [0.1, 0.15) is 6.04 Å². The molecule has 0 aromatic carbocycles. The van der Waals surface area contributed by atoms with E-state index in [1.54, 1.807) is 0 Å². The van der Waals surface area contributed by atoms with E-state index < -0.39 is 29.4 Å². The second-order valence-corrected chi connectivity index (χ2v) is 6.82. The Morgan fingerprint density at radius 2 is 1.96 bits per heavy atom. The molecule has 1 heterocycles. The van der Waals surface area contributed by atoms with Crippen molar-refractivity contribution < 1.29 is 23.9 Å². The third-order valence-electron chi connectivity index (χ3n) is 3.19. The molecule has 0 spiro atoms. The van der Waals surface area contributed by atoms with Crippen molar-refractivity contribution in [3.63, 3.8) is 0 Å². The molecule has 1 aromatic heterocycles. The average Bonchev–Trinajstić information content (AvgIpc) is 2.57. The Kier molecular flexibility index (Phi) is 8.83. The van der Waals surface area contributed by atoms with Crippen LogP contribution in [-0.4, -0.2) is 53.8 Å². The number of ether oxygens (including phenoxy) is 2. The first-order valence-electron chi connectivity index (χ1n) is 7.92. The number of hydrogen-bond acceptors (Lipinski definition) is 8. The minimum atomic E-state index is -0.731. The summed E-state index contributed by atoms with van der Waals surface area (Å²) in [7, 11) is 2.50. The fourth-order valence-electron chi connectivity index (χ4n) is 2.06. The Morgan fingerprint density at radius 3 is 2.54 bits per heavy atom. The van der Waals surface area contributed by atoms with Crippen LogP contribution in [0.15, 0.2) is 16.0 Å². The standard InChI is InChI=1S/C16H23N3O6S/c1-9(2)5-11(15(23)25-4)18-13(21)8-26-16-17-10(6-12(20)19-16)7-14(22)24-3/h6,9,11H,5,7-8H2,1-4H3,(H,18,21)(H,17,19,20)/t11-/m0/s1. The number of rotatable bonds is 9. The number of carbonyl (C=O) groups excluding carboxylic acids is 3. The first-order valence-corrected chi connectivity index (χ1v) is 8.90. The number of methoxy groups -OCH3 is 2. The number of nitrogens with zero attached hydrogens (tertiary/aromatic N) is 1. The van der Waals surface area contributed by atoms with Crippen molar-refractivity contribution in [2.75, 3.05) is 20.0 Å². The van der Waals surface area contributed by atoms with Crippen molar-refractivity contribution >= 4 is 29.6 Å². The fourth-order valence-corrected chi connectivity index (χ4v) is 2.77. The number of esters is 2. The van der Waals surface area contributed by atoms with Gasteiger partial charge < -0.3 is 19.8 Å². The Hall–Kier alpha value is -2.36. The lowest BCUT2D eigenvalue weighted by atomic mass is 10.0. The highest BCUT2D eigenvalue weighted by Gasteiger charge is 2.22. The quantitative estimate of drug-likeness (QED) is 0.352. The largest absolute Gasteiger partial charge is 0.469 e. The molecular weight excluding hydrogens is 362 g/mol. The first kappa shape index (κ1) is 21.7. The lowest BCUT2D eigenvalue weighted by Crippen LogP contribution is -2.43. The molecule has 10 heteroatoms. The highest BCUT2D eigenvalue weighted by Crippen LogP contribution is 2.12. The zero-order valence-corrected chi connectivity index (χ0v) is 16.0. The van der Waals surface area contributed by atoms with E-state index in [1.807, 2.05) is 13.8 Å². The smallest absolute Gasteiger partial charge is 0.328 e. The predicted molar refractivity (Wildman–Crippen MR) is 94.7 cm³/mol. The van der Waals surface area contributed by atoms with Crippen molar-refractivity contribution in [2.45, 2.75) is 37.9 Å². The molecule has 0 saturated heterocycles. The summed E-state index contributed by atoms with van der Waals surface area (Å²) in [5.74, 6) is -1.29. The number of thioether (sulfide) groups is 1. The van der Waals surface area contributed by atoms with E-state index in [4.69, 9.17) is 4.74 Å². The number of aromatic amines is 1. The molecule has 1 amide bonds. The zero-order valence-electron chi connectivity index (χ0n) is 15.2. The molecule has 0 fully saturated rings. The van der Waals surface area contributed by atoms with Crippen LogP contribution in [0.5, 0.6) is 0 Å². The first-order chi connectivity index (χ1) is 12.2. The van der Waals surface area contributed by atoms with Gasteiger partial charge in [0, 0.05) is 6.07 Å². The van der Waals surface area contributed by atoms with E-state index in [0.29, 0.717) is 6.42 Å². The molecule has 9 nitrogen and oxygen atoms in total. The zero-order chi connectivity index (χ0) is 19.7. The van der Waals surface area contributed by atoms with Crippen molar-refractivity contribution in [3.05, 3.63) is 22.1 Å². The van der Waals surface area contributed by atoms with E-state index in [9.17, 15) is 19.2 Å². The van der Waals surface area contributed by atoms with Crippen LogP contribution >= 0.6 is 11.8 Å². The maximum atomic E-state index is 12.1. The van der Waals surface area contributed by atoms with Gasteiger partial charge in [-0.05, 0) is 12.3 Å². The second-order valence-electron chi connectivity index (χ2n) is 5.86. The molecule has 26 heavy (non-hydrogen) atoms. The van der Waals surface area contributed by atoms with Crippen LogP contribution in [0.1, 0.15) is 26.0 Å². The third kappa shape index (κ3) is 7.68. The third-order valence-corrected chi connectivity index (χ3v) is 4.07. The summed E-state index contributed by atoms with van der Waals surface area (Å²) in [6, 6.07) is 0.461. The number of amides is 1. The van der Waals surface area contributed by atoms with Gasteiger partial charge >= 0.3 is 11.9 Å². The molecule has 2 N–H and O–H groups in total. The monoisotopic (exact) mass is 385 g/mol. The van der Waals surface area contributed by atoms with Gasteiger partial charge in [-0.3, -0.25) is 14.4 Å². The van der Waals surface area contributed by atoms with Crippen LogP contribution in [0.4, 0.5) is 0 Å². The van der Waals surface area contributed by atoms with Gasteiger partial charge in [0.05, 0.1) is 32.1 Å². The van der Waals surface area contributed by atoms with Gasteiger partial charge in [-0.2, -0.15) is 0 Å². The lowest BCUT2D eigenvalue weighted by molar-refractivity contribution is -0.145. The van der Waals surface area contributed by atoms with Crippen LogP contribution in [-0.2, 0) is 30.3 Å². The van der Waals surface area contributed by atoms with Gasteiger partial charge in [0.25, 0.3) is 5.56 Å². The molecule has 0 unspecified atom stereocenters. The molecular formula is C16H23N3O6S. The van der Waals surface area contributed by atoms with Crippen molar-refractivity contribution in [1.29, 1.82) is 0 Å². The fraction of sp³-hybridized carbons (Fsp3) is 0.562. The van der Waals surface area contributed by atoms with E-state index in [1.165, 1.54) is 20.3 Å². The lowest BCUT2D eigenvalue weighted by Gasteiger charge is -2.18. The van der Waals surface area contributed by atoms with Crippen molar-refractivity contribution in [1.82, 2.24) is 15.3 Å². The minimum absolute atomic E-state index is 0.0593. The summed E-state index contributed by atoms with van der Waals surface area (Å²) in [5, 5.41) is 2.81. The summed E-state index contributed by atoms with van der Waals surface area (Å²) < 4.78 is 9.23. The summed E-state index contributed by atoms with van der Waals surface area (Å²) in [6.07, 6.45) is 0.311. The molecule has 1 aromatic rings. The van der Waals surface area contributed by atoms with Gasteiger partial charge in [-0.15, -0.1) is 0 Å². The van der Waals surface area contributed by atoms with Gasteiger partial charge in [0.2, 0.25) is 5.91 Å². The molecule has 1 rings (SSSR count).